The van der Waals surface area contributed by atoms with Gasteiger partial charge in [0, 0.05) is 33.3 Å². The number of nitrogens with zero attached hydrogens (tertiary/aromatic N) is 2. The summed E-state index contributed by atoms with van der Waals surface area (Å²) in [6.45, 7) is 11.3. The zero-order valence-electron chi connectivity index (χ0n) is 15.4. The molecule has 2 aliphatic rings. The van der Waals surface area contributed by atoms with Crippen molar-refractivity contribution in [2.45, 2.75) is 65.1 Å². The second-order valence-corrected chi connectivity index (χ2v) is 7.90. The van der Waals surface area contributed by atoms with Crippen molar-refractivity contribution in [2.75, 3.05) is 39.9 Å². The Balaban J connectivity index is 1.72. The zero-order valence-corrected chi connectivity index (χ0v) is 15.4. The number of aliphatic imine (C=N–C) groups is 1. The van der Waals surface area contributed by atoms with Crippen LogP contribution in [0.5, 0.6) is 0 Å². The lowest BCUT2D eigenvalue weighted by molar-refractivity contribution is -0.0816. The Bertz CT molecular complexity index is 373. The van der Waals surface area contributed by atoms with E-state index >= 15 is 0 Å². The van der Waals surface area contributed by atoms with Crippen molar-refractivity contribution in [3.05, 3.63) is 0 Å². The maximum absolute atomic E-state index is 5.92. The van der Waals surface area contributed by atoms with Crippen LogP contribution in [0.15, 0.2) is 4.99 Å². The van der Waals surface area contributed by atoms with Gasteiger partial charge in [-0.3, -0.25) is 4.99 Å². The molecule has 0 aromatic carbocycles. The highest BCUT2D eigenvalue weighted by molar-refractivity contribution is 5.80. The Morgan fingerprint density at radius 3 is 2.61 bits per heavy atom. The third-order valence-corrected chi connectivity index (χ3v) is 4.62. The van der Waals surface area contributed by atoms with Gasteiger partial charge in [0.2, 0.25) is 0 Å². The van der Waals surface area contributed by atoms with Crippen molar-refractivity contribution in [1.82, 2.24) is 10.2 Å². The summed E-state index contributed by atoms with van der Waals surface area (Å²) in [6, 6.07) is 0. The smallest absolute Gasteiger partial charge is 0.193 e. The van der Waals surface area contributed by atoms with Crippen LogP contribution in [-0.2, 0) is 9.47 Å². The molecule has 0 radical (unpaired) electrons. The molecule has 5 nitrogen and oxygen atoms in total. The van der Waals surface area contributed by atoms with Crippen LogP contribution in [0.25, 0.3) is 0 Å². The zero-order chi connectivity index (χ0) is 16.7. The fourth-order valence-corrected chi connectivity index (χ4v) is 3.30. The van der Waals surface area contributed by atoms with E-state index in [0.29, 0.717) is 5.41 Å². The molecule has 5 heteroatoms. The summed E-state index contributed by atoms with van der Waals surface area (Å²) in [5, 5.41) is 3.52. The first-order valence-corrected chi connectivity index (χ1v) is 9.18. The molecule has 0 bridgehead atoms. The molecule has 2 fully saturated rings. The summed E-state index contributed by atoms with van der Waals surface area (Å²) in [7, 11) is 1.87. The van der Waals surface area contributed by atoms with Crippen molar-refractivity contribution in [2.24, 2.45) is 10.4 Å². The highest BCUT2D eigenvalue weighted by atomic mass is 16.5. The van der Waals surface area contributed by atoms with Crippen molar-refractivity contribution >= 4 is 5.96 Å². The minimum absolute atomic E-state index is 0.186. The number of guanidine groups is 1. The molecule has 0 aromatic heterocycles. The molecule has 0 spiro atoms. The van der Waals surface area contributed by atoms with E-state index in [1.807, 2.05) is 7.05 Å². The predicted octanol–water partition coefficient (Wildman–Crippen LogP) is 2.66. The highest BCUT2D eigenvalue weighted by Crippen LogP contribution is 2.22. The molecular weight excluding hydrogens is 290 g/mol. The first-order chi connectivity index (χ1) is 11.0. The third-order valence-electron chi connectivity index (χ3n) is 4.62. The van der Waals surface area contributed by atoms with E-state index in [4.69, 9.17) is 9.47 Å². The number of hydrogen-bond acceptors (Lipinski definition) is 3. The van der Waals surface area contributed by atoms with E-state index in [1.165, 1.54) is 19.3 Å². The highest BCUT2D eigenvalue weighted by Gasteiger charge is 2.32. The van der Waals surface area contributed by atoms with Gasteiger partial charge in [-0.1, -0.05) is 27.2 Å². The van der Waals surface area contributed by atoms with Crippen LogP contribution in [0.1, 0.15) is 52.9 Å². The molecule has 2 unspecified atom stereocenters. The van der Waals surface area contributed by atoms with Crippen LogP contribution in [0.4, 0.5) is 0 Å². The Hall–Kier alpha value is -0.810. The standard InChI is InChI=1S/C18H35N3O2/c1-18(2,3)9-5-6-10-20-17(19-4)21-11-13-23-16(14-21)15-8-7-12-22-15/h15-16H,5-14H2,1-4H3,(H,19,20). The summed E-state index contributed by atoms with van der Waals surface area (Å²) >= 11 is 0. The van der Waals surface area contributed by atoms with Crippen molar-refractivity contribution in [1.29, 1.82) is 0 Å². The topological polar surface area (TPSA) is 46.1 Å². The normalized spacial score (nSPS) is 26.6. The largest absolute Gasteiger partial charge is 0.375 e. The van der Waals surface area contributed by atoms with Gasteiger partial charge in [-0.2, -0.15) is 0 Å². The minimum atomic E-state index is 0.186. The summed E-state index contributed by atoms with van der Waals surface area (Å²) in [4.78, 5) is 6.77. The second-order valence-electron chi connectivity index (χ2n) is 7.90. The number of hydrogen-bond donors (Lipinski definition) is 1. The Kier molecular flexibility index (Phi) is 7.15. The fraction of sp³-hybridized carbons (Fsp3) is 0.944. The fourth-order valence-electron chi connectivity index (χ4n) is 3.30. The average Bonchev–Trinajstić information content (AvgIpc) is 3.04. The Labute approximate surface area is 141 Å². The molecule has 0 aromatic rings. The Morgan fingerprint density at radius 2 is 1.96 bits per heavy atom. The van der Waals surface area contributed by atoms with E-state index in [-0.39, 0.29) is 12.2 Å². The molecule has 2 aliphatic heterocycles. The summed E-state index contributed by atoms with van der Waals surface area (Å²) in [6.07, 6.45) is 6.45. The summed E-state index contributed by atoms with van der Waals surface area (Å²) in [5.41, 5.74) is 0.431. The van der Waals surface area contributed by atoms with E-state index in [1.54, 1.807) is 0 Å². The number of morpholine rings is 1. The average molecular weight is 325 g/mol. The van der Waals surface area contributed by atoms with Gasteiger partial charge in [0.15, 0.2) is 5.96 Å². The molecule has 1 N–H and O–H groups in total. The molecule has 23 heavy (non-hydrogen) atoms. The van der Waals surface area contributed by atoms with Gasteiger partial charge >= 0.3 is 0 Å². The van der Waals surface area contributed by atoms with Crippen LogP contribution in [0.3, 0.4) is 0 Å². The lowest BCUT2D eigenvalue weighted by atomic mass is 9.90. The number of nitrogens with one attached hydrogen (secondary N) is 1. The minimum Gasteiger partial charge on any atom is -0.375 e. The van der Waals surface area contributed by atoms with Gasteiger partial charge in [0.05, 0.1) is 12.7 Å². The van der Waals surface area contributed by atoms with E-state index < -0.39 is 0 Å². The van der Waals surface area contributed by atoms with Gasteiger partial charge in [0.25, 0.3) is 0 Å². The van der Waals surface area contributed by atoms with Crippen LogP contribution < -0.4 is 5.32 Å². The third kappa shape index (κ3) is 6.30. The van der Waals surface area contributed by atoms with Crippen molar-refractivity contribution in [3.8, 4) is 0 Å². The van der Waals surface area contributed by atoms with Gasteiger partial charge in [-0.15, -0.1) is 0 Å². The molecule has 0 aliphatic carbocycles. The first-order valence-electron chi connectivity index (χ1n) is 9.18. The summed E-state index contributed by atoms with van der Waals surface area (Å²) < 4.78 is 11.7. The molecule has 0 saturated carbocycles. The number of ether oxygens (including phenoxy) is 2. The van der Waals surface area contributed by atoms with Crippen LogP contribution in [0, 0.1) is 5.41 Å². The van der Waals surface area contributed by atoms with Crippen molar-refractivity contribution in [3.63, 3.8) is 0 Å². The SMILES string of the molecule is CN=C(NCCCCC(C)(C)C)N1CCOC(C2CCCO2)C1. The van der Waals surface area contributed by atoms with Crippen LogP contribution >= 0.6 is 0 Å². The van der Waals surface area contributed by atoms with Crippen molar-refractivity contribution < 1.29 is 9.47 Å². The first kappa shape index (κ1) is 18.5. The quantitative estimate of drug-likeness (QED) is 0.479. The van der Waals surface area contributed by atoms with Gasteiger partial charge in [-0.25, -0.2) is 0 Å². The predicted molar refractivity (Wildman–Crippen MR) is 95.0 cm³/mol. The summed E-state index contributed by atoms with van der Waals surface area (Å²) in [5.74, 6) is 1.01. The van der Waals surface area contributed by atoms with E-state index in [2.05, 4.69) is 36.0 Å². The molecule has 2 saturated heterocycles. The molecule has 2 heterocycles. The van der Waals surface area contributed by atoms with Gasteiger partial charge < -0.3 is 19.7 Å². The lowest BCUT2D eigenvalue weighted by Gasteiger charge is -2.37. The maximum Gasteiger partial charge on any atom is 0.193 e. The number of rotatable bonds is 5. The van der Waals surface area contributed by atoms with E-state index in [9.17, 15) is 0 Å². The van der Waals surface area contributed by atoms with Crippen LogP contribution in [0.2, 0.25) is 0 Å². The maximum atomic E-state index is 5.92. The Morgan fingerprint density at radius 1 is 1.17 bits per heavy atom. The molecule has 2 atom stereocenters. The second kappa shape index (κ2) is 8.88. The van der Waals surface area contributed by atoms with E-state index in [0.717, 1.165) is 51.6 Å². The molecular formula is C18H35N3O2. The molecule has 2 rings (SSSR count). The molecule has 0 amide bonds. The van der Waals surface area contributed by atoms with Crippen LogP contribution in [-0.4, -0.2) is 63.0 Å². The van der Waals surface area contributed by atoms with Gasteiger partial charge in [-0.05, 0) is 31.1 Å². The van der Waals surface area contributed by atoms with Gasteiger partial charge in [0.1, 0.15) is 6.10 Å². The monoisotopic (exact) mass is 325 g/mol. The molecule has 134 valence electrons. The lowest BCUT2D eigenvalue weighted by Crippen LogP contribution is -2.53. The number of unbranched alkanes of at least 4 members (excludes halogenated alkanes) is 1.